The van der Waals surface area contributed by atoms with Gasteiger partial charge in [0.05, 0.1) is 19.8 Å². The van der Waals surface area contributed by atoms with Crippen LogP contribution in [0.2, 0.25) is 0 Å². The summed E-state index contributed by atoms with van der Waals surface area (Å²) in [6.07, 6.45) is 2.17. The van der Waals surface area contributed by atoms with E-state index in [1.165, 1.54) is 0 Å². The molecule has 1 aliphatic rings. The Hall–Kier alpha value is -3.02. The van der Waals surface area contributed by atoms with Gasteiger partial charge in [-0.3, -0.25) is 9.59 Å². The minimum absolute atomic E-state index is 0.0534. The first-order chi connectivity index (χ1) is 14.9. The predicted octanol–water partition coefficient (Wildman–Crippen LogP) is 4.12. The van der Waals surface area contributed by atoms with E-state index in [2.05, 4.69) is 10.6 Å². The van der Waals surface area contributed by atoms with Gasteiger partial charge in [0.2, 0.25) is 5.91 Å². The molecule has 0 bridgehead atoms. The van der Waals surface area contributed by atoms with E-state index >= 15 is 0 Å². The first-order valence-corrected chi connectivity index (χ1v) is 10.9. The Kier molecular flexibility index (Phi) is 7.55. The molecule has 1 fully saturated rings. The quantitative estimate of drug-likeness (QED) is 0.602. The average molecular weight is 425 g/mol. The van der Waals surface area contributed by atoms with Crippen LogP contribution in [0, 0.1) is 11.8 Å². The Morgan fingerprint density at radius 2 is 1.58 bits per heavy atom. The van der Waals surface area contributed by atoms with Crippen molar-refractivity contribution >= 4 is 11.8 Å². The minimum atomic E-state index is -0.626. The van der Waals surface area contributed by atoms with Gasteiger partial charge in [0.25, 0.3) is 5.91 Å². The second-order valence-corrected chi connectivity index (χ2v) is 8.25. The highest BCUT2D eigenvalue weighted by molar-refractivity contribution is 5.97. The van der Waals surface area contributed by atoms with Crippen molar-refractivity contribution < 1.29 is 19.1 Å². The number of benzene rings is 2. The molecule has 6 heteroatoms. The third-order valence-corrected chi connectivity index (χ3v) is 5.53. The van der Waals surface area contributed by atoms with Crippen molar-refractivity contribution in [1.82, 2.24) is 10.6 Å². The fourth-order valence-corrected chi connectivity index (χ4v) is 3.59. The Morgan fingerprint density at radius 3 is 2.10 bits per heavy atom. The molecule has 31 heavy (non-hydrogen) atoms. The van der Waals surface area contributed by atoms with Gasteiger partial charge in [-0.15, -0.1) is 0 Å². The number of carbonyl (C=O) groups excluding carboxylic acids is 2. The van der Waals surface area contributed by atoms with E-state index in [0.717, 1.165) is 24.2 Å². The van der Waals surface area contributed by atoms with E-state index in [1.54, 1.807) is 31.4 Å². The van der Waals surface area contributed by atoms with Crippen molar-refractivity contribution in [2.45, 2.75) is 45.7 Å². The second kappa shape index (κ2) is 10.3. The maximum absolute atomic E-state index is 13.2. The number of hydrogen-bond acceptors (Lipinski definition) is 4. The number of ether oxygens (including phenoxy) is 2. The molecule has 0 spiro atoms. The lowest BCUT2D eigenvalue weighted by atomic mass is 9.98. The van der Waals surface area contributed by atoms with Crippen LogP contribution >= 0.6 is 0 Å². The summed E-state index contributed by atoms with van der Waals surface area (Å²) in [5, 5.41) is 6.09. The highest BCUT2D eigenvalue weighted by atomic mass is 16.5. The van der Waals surface area contributed by atoms with Crippen molar-refractivity contribution in [1.29, 1.82) is 0 Å². The lowest BCUT2D eigenvalue weighted by Gasteiger charge is -2.26. The van der Waals surface area contributed by atoms with E-state index in [0.29, 0.717) is 23.8 Å². The molecule has 1 aliphatic carbocycles. The molecule has 0 aromatic heterocycles. The summed E-state index contributed by atoms with van der Waals surface area (Å²) in [6.45, 7) is 6.34. The maximum atomic E-state index is 13.2. The highest BCUT2D eigenvalue weighted by Gasteiger charge is 2.35. The zero-order valence-electron chi connectivity index (χ0n) is 18.7. The molecule has 0 saturated heterocycles. The van der Waals surface area contributed by atoms with E-state index in [4.69, 9.17) is 9.47 Å². The molecule has 166 valence electrons. The number of methoxy groups -OCH3 is 1. The zero-order valence-corrected chi connectivity index (χ0v) is 18.7. The maximum Gasteiger partial charge on any atom is 0.251 e. The summed E-state index contributed by atoms with van der Waals surface area (Å²) >= 11 is 0. The van der Waals surface area contributed by atoms with E-state index in [1.807, 2.05) is 45.0 Å². The first-order valence-electron chi connectivity index (χ1n) is 10.9. The van der Waals surface area contributed by atoms with Crippen molar-refractivity contribution in [2.24, 2.45) is 11.8 Å². The molecule has 0 heterocycles. The van der Waals surface area contributed by atoms with Gasteiger partial charge in [-0.2, -0.15) is 0 Å². The average Bonchev–Trinajstić information content (AvgIpc) is 3.61. The van der Waals surface area contributed by atoms with Crippen LogP contribution in [0.4, 0.5) is 0 Å². The normalized spacial score (nSPS) is 15.1. The van der Waals surface area contributed by atoms with Gasteiger partial charge in [-0.05, 0) is 73.6 Å². The summed E-state index contributed by atoms with van der Waals surface area (Å²) in [7, 11) is 1.63. The number of rotatable bonds is 10. The number of hydrogen-bond donors (Lipinski definition) is 2. The van der Waals surface area contributed by atoms with Gasteiger partial charge in [0, 0.05) is 5.56 Å². The largest absolute Gasteiger partial charge is 0.497 e. The third kappa shape index (κ3) is 6.00. The summed E-state index contributed by atoms with van der Waals surface area (Å²) in [6, 6.07) is 14.0. The highest BCUT2D eigenvalue weighted by Crippen LogP contribution is 2.41. The van der Waals surface area contributed by atoms with Crippen LogP contribution in [0.15, 0.2) is 48.5 Å². The predicted molar refractivity (Wildman–Crippen MR) is 120 cm³/mol. The number of nitrogens with one attached hydrogen (secondary N) is 2. The van der Waals surface area contributed by atoms with Gasteiger partial charge < -0.3 is 20.1 Å². The Balaban J connectivity index is 1.69. The Labute approximate surface area is 184 Å². The topological polar surface area (TPSA) is 76.7 Å². The summed E-state index contributed by atoms with van der Waals surface area (Å²) in [4.78, 5) is 25.9. The molecular weight excluding hydrogens is 392 g/mol. The zero-order chi connectivity index (χ0) is 22.4. The second-order valence-electron chi connectivity index (χ2n) is 8.25. The van der Waals surface area contributed by atoms with Gasteiger partial charge in [-0.25, -0.2) is 0 Å². The molecule has 2 aromatic rings. The smallest absolute Gasteiger partial charge is 0.251 e. The molecule has 2 unspecified atom stereocenters. The molecule has 3 rings (SSSR count). The van der Waals surface area contributed by atoms with Crippen molar-refractivity contribution in [2.75, 3.05) is 13.7 Å². The summed E-state index contributed by atoms with van der Waals surface area (Å²) < 4.78 is 10.7. The molecular formula is C25H32N2O4. The van der Waals surface area contributed by atoms with Crippen LogP contribution in [0.25, 0.3) is 0 Å². The van der Waals surface area contributed by atoms with E-state index in [-0.39, 0.29) is 23.8 Å². The molecule has 6 nitrogen and oxygen atoms in total. The molecule has 1 saturated carbocycles. The van der Waals surface area contributed by atoms with Crippen LogP contribution < -0.4 is 20.1 Å². The third-order valence-electron chi connectivity index (χ3n) is 5.53. The molecule has 0 aliphatic heterocycles. The first kappa shape index (κ1) is 22.7. The van der Waals surface area contributed by atoms with Gasteiger partial charge >= 0.3 is 0 Å². The summed E-state index contributed by atoms with van der Waals surface area (Å²) in [5.41, 5.74) is 1.55. The van der Waals surface area contributed by atoms with Crippen LogP contribution in [-0.4, -0.2) is 31.6 Å². The standard InChI is InChI=1S/C25H32N2O4/c1-5-31-21-14-10-19(11-15-21)24(28)26-22(16(2)3)25(29)27-23(17-6-7-17)18-8-12-20(30-4)13-9-18/h8-17,22-23H,5-7H2,1-4H3,(H,26,28)(H,27,29). The SMILES string of the molecule is CCOc1ccc(C(=O)NC(C(=O)NC(c2ccc(OC)cc2)C2CC2)C(C)C)cc1. The number of amides is 2. The van der Waals surface area contributed by atoms with Crippen LogP contribution in [-0.2, 0) is 4.79 Å². The molecule has 2 N–H and O–H groups in total. The molecule has 2 atom stereocenters. The van der Waals surface area contributed by atoms with Gasteiger partial charge in [-0.1, -0.05) is 26.0 Å². The van der Waals surface area contributed by atoms with E-state index in [9.17, 15) is 9.59 Å². The fraction of sp³-hybridized carbons (Fsp3) is 0.440. The van der Waals surface area contributed by atoms with Crippen LogP contribution in [0.3, 0.4) is 0 Å². The number of carbonyl (C=O) groups is 2. The van der Waals surface area contributed by atoms with E-state index < -0.39 is 6.04 Å². The molecule has 0 radical (unpaired) electrons. The molecule has 2 aromatic carbocycles. The lowest BCUT2D eigenvalue weighted by Crippen LogP contribution is -2.50. The Bertz CT molecular complexity index is 873. The fourth-order valence-electron chi connectivity index (χ4n) is 3.59. The van der Waals surface area contributed by atoms with Crippen molar-refractivity contribution in [3.8, 4) is 11.5 Å². The minimum Gasteiger partial charge on any atom is -0.497 e. The van der Waals surface area contributed by atoms with Gasteiger partial charge in [0.15, 0.2) is 0 Å². The lowest BCUT2D eigenvalue weighted by molar-refractivity contribution is -0.124. The molecule has 2 amide bonds. The van der Waals surface area contributed by atoms with Crippen molar-refractivity contribution in [3.63, 3.8) is 0 Å². The van der Waals surface area contributed by atoms with Crippen LogP contribution in [0.1, 0.15) is 55.6 Å². The van der Waals surface area contributed by atoms with Crippen LogP contribution in [0.5, 0.6) is 11.5 Å². The summed E-state index contributed by atoms with van der Waals surface area (Å²) in [5.74, 6) is 1.43. The monoisotopic (exact) mass is 424 g/mol. The Morgan fingerprint density at radius 1 is 0.968 bits per heavy atom. The van der Waals surface area contributed by atoms with Crippen molar-refractivity contribution in [3.05, 3.63) is 59.7 Å². The van der Waals surface area contributed by atoms with Gasteiger partial charge in [0.1, 0.15) is 17.5 Å².